The molecule has 0 bridgehead atoms. The summed E-state index contributed by atoms with van der Waals surface area (Å²) in [5.41, 5.74) is 1.64. The Hall–Kier alpha value is -2.00. The average molecular weight is 418 g/mol. The molecule has 148 valence electrons. The molecule has 1 aliphatic rings. The van der Waals surface area contributed by atoms with Gasteiger partial charge in [-0.15, -0.1) is 11.3 Å². The quantitative estimate of drug-likeness (QED) is 0.648. The lowest BCUT2D eigenvalue weighted by atomic mass is 10.1. The van der Waals surface area contributed by atoms with Gasteiger partial charge in [0.15, 0.2) is 5.78 Å². The molecule has 1 saturated heterocycles. The first-order valence-electron chi connectivity index (χ1n) is 9.25. The number of ketones is 1. The van der Waals surface area contributed by atoms with Crippen molar-refractivity contribution >= 4 is 38.0 Å². The van der Waals surface area contributed by atoms with Crippen LogP contribution in [0.4, 0.5) is 0 Å². The lowest BCUT2D eigenvalue weighted by Crippen LogP contribution is -2.49. The Morgan fingerprint density at radius 3 is 2.54 bits per heavy atom. The first kappa shape index (κ1) is 19.3. The number of Topliss-reactive ketones (excluding diaryl/α,β-unsaturated/α-hetero) is 1. The summed E-state index contributed by atoms with van der Waals surface area (Å²) < 4.78 is 27.4. The number of aryl methyl sites for hydroxylation is 2. The monoisotopic (exact) mass is 417 g/mol. The van der Waals surface area contributed by atoms with Crippen LogP contribution < -0.4 is 0 Å². The van der Waals surface area contributed by atoms with Crippen LogP contribution in [0.2, 0.25) is 0 Å². The molecule has 6 nitrogen and oxygen atoms in total. The topological polar surface area (TPSA) is 73.5 Å². The molecule has 3 aromatic rings. The first-order chi connectivity index (χ1) is 13.4. The van der Waals surface area contributed by atoms with Crippen molar-refractivity contribution < 1.29 is 13.2 Å². The number of sulfonamides is 1. The number of thiophene rings is 1. The number of benzene rings is 1. The predicted octanol–water partition coefficient (Wildman–Crippen LogP) is 3.04. The molecular formula is C20H23N3O3S2. The predicted molar refractivity (Wildman–Crippen MR) is 112 cm³/mol. The van der Waals surface area contributed by atoms with Crippen LogP contribution in [-0.2, 0) is 10.0 Å². The lowest BCUT2D eigenvalue weighted by molar-refractivity contribution is 0.0903. The van der Waals surface area contributed by atoms with Crippen molar-refractivity contribution in [1.82, 2.24) is 14.2 Å². The summed E-state index contributed by atoms with van der Waals surface area (Å²) in [6, 6.07) is 9.50. The van der Waals surface area contributed by atoms with E-state index in [0.717, 1.165) is 20.7 Å². The average Bonchev–Trinajstić information content (AvgIpc) is 3.25. The Bertz CT molecular complexity index is 1120. The van der Waals surface area contributed by atoms with Crippen molar-refractivity contribution in [2.24, 2.45) is 0 Å². The second kappa shape index (κ2) is 7.44. The number of H-pyrrole nitrogens is 1. The van der Waals surface area contributed by atoms with Crippen molar-refractivity contribution in [3.05, 3.63) is 51.8 Å². The highest BCUT2D eigenvalue weighted by molar-refractivity contribution is 7.89. The maximum atomic E-state index is 12.9. The van der Waals surface area contributed by atoms with Gasteiger partial charge < -0.3 is 4.98 Å². The Balaban J connectivity index is 1.42. The lowest BCUT2D eigenvalue weighted by Gasteiger charge is -2.33. The van der Waals surface area contributed by atoms with E-state index in [1.165, 1.54) is 15.6 Å². The van der Waals surface area contributed by atoms with E-state index in [-0.39, 0.29) is 5.78 Å². The number of fused-ring (bicyclic) bond motifs is 1. The molecule has 0 saturated carbocycles. The fourth-order valence-electron chi connectivity index (χ4n) is 3.72. The van der Waals surface area contributed by atoms with E-state index in [1.54, 1.807) is 12.3 Å². The van der Waals surface area contributed by atoms with Gasteiger partial charge >= 0.3 is 0 Å². The number of carbonyl (C=O) groups is 1. The van der Waals surface area contributed by atoms with Crippen LogP contribution in [0.5, 0.6) is 0 Å². The number of hydrogen-bond acceptors (Lipinski definition) is 5. The number of nitrogens with zero attached hydrogens (tertiary/aromatic N) is 2. The van der Waals surface area contributed by atoms with Gasteiger partial charge in [0.05, 0.1) is 11.4 Å². The van der Waals surface area contributed by atoms with Gasteiger partial charge in [-0.3, -0.25) is 9.69 Å². The number of aromatic amines is 1. The standard InChI is InChI=1S/C20H23N3O3S2/c1-14-11-20(15(2)27-14)28(25,26)23-9-7-22(8-10-23)13-19(24)17-12-21-18-6-4-3-5-16(17)18/h3-6,11-12,21H,7-10,13H2,1-2H3. The van der Waals surface area contributed by atoms with Gasteiger partial charge in [-0.2, -0.15) is 4.31 Å². The molecule has 4 rings (SSSR count). The molecular weight excluding hydrogens is 394 g/mol. The van der Waals surface area contributed by atoms with E-state index in [9.17, 15) is 13.2 Å². The third kappa shape index (κ3) is 3.53. The van der Waals surface area contributed by atoms with Gasteiger partial charge in [0.1, 0.15) is 0 Å². The zero-order valence-electron chi connectivity index (χ0n) is 15.9. The summed E-state index contributed by atoms with van der Waals surface area (Å²) in [5, 5.41) is 0.928. The Morgan fingerprint density at radius 2 is 1.86 bits per heavy atom. The summed E-state index contributed by atoms with van der Waals surface area (Å²) in [4.78, 5) is 20.1. The highest BCUT2D eigenvalue weighted by Crippen LogP contribution is 2.28. The molecule has 0 radical (unpaired) electrons. The summed E-state index contributed by atoms with van der Waals surface area (Å²) in [7, 11) is -3.47. The molecule has 0 unspecified atom stereocenters. The summed E-state index contributed by atoms with van der Waals surface area (Å²) in [5.74, 6) is 0.0538. The molecule has 0 amide bonds. The largest absolute Gasteiger partial charge is 0.360 e. The number of hydrogen-bond donors (Lipinski definition) is 1. The van der Waals surface area contributed by atoms with Crippen LogP contribution in [0.3, 0.4) is 0 Å². The van der Waals surface area contributed by atoms with Gasteiger partial charge in [0.25, 0.3) is 0 Å². The number of aromatic nitrogens is 1. The summed E-state index contributed by atoms with van der Waals surface area (Å²) in [6.45, 7) is 5.97. The van der Waals surface area contributed by atoms with Gasteiger partial charge in [-0.25, -0.2) is 8.42 Å². The highest BCUT2D eigenvalue weighted by Gasteiger charge is 2.31. The molecule has 3 heterocycles. The molecule has 0 aliphatic carbocycles. The molecule has 28 heavy (non-hydrogen) atoms. The van der Waals surface area contributed by atoms with Crippen LogP contribution in [0.25, 0.3) is 10.9 Å². The zero-order chi connectivity index (χ0) is 19.9. The Labute approximate surface area is 168 Å². The maximum Gasteiger partial charge on any atom is 0.244 e. The van der Waals surface area contributed by atoms with Crippen molar-refractivity contribution in [2.75, 3.05) is 32.7 Å². The van der Waals surface area contributed by atoms with Crippen LogP contribution >= 0.6 is 11.3 Å². The minimum atomic E-state index is -3.47. The highest BCUT2D eigenvalue weighted by atomic mass is 32.2. The van der Waals surface area contributed by atoms with Crippen molar-refractivity contribution in [1.29, 1.82) is 0 Å². The SMILES string of the molecule is Cc1cc(S(=O)(=O)N2CCN(CC(=O)c3c[nH]c4ccccc34)CC2)c(C)s1. The van der Waals surface area contributed by atoms with Crippen molar-refractivity contribution in [3.8, 4) is 0 Å². The van der Waals surface area contributed by atoms with Crippen LogP contribution in [0, 0.1) is 13.8 Å². The summed E-state index contributed by atoms with van der Waals surface area (Å²) >= 11 is 1.50. The Morgan fingerprint density at radius 1 is 1.14 bits per heavy atom. The minimum absolute atomic E-state index is 0.0538. The number of para-hydroxylation sites is 1. The van der Waals surface area contributed by atoms with E-state index < -0.39 is 10.0 Å². The number of rotatable bonds is 5. The fraction of sp³-hybridized carbons (Fsp3) is 0.350. The first-order valence-corrected chi connectivity index (χ1v) is 11.5. The third-order valence-electron chi connectivity index (χ3n) is 5.20. The molecule has 8 heteroatoms. The summed E-state index contributed by atoms with van der Waals surface area (Å²) in [6.07, 6.45) is 1.76. The zero-order valence-corrected chi connectivity index (χ0v) is 17.6. The second-order valence-electron chi connectivity index (χ2n) is 7.13. The molecule has 2 aromatic heterocycles. The van der Waals surface area contributed by atoms with E-state index in [1.807, 2.05) is 43.0 Å². The van der Waals surface area contributed by atoms with E-state index in [2.05, 4.69) is 4.98 Å². The molecule has 0 atom stereocenters. The van der Waals surface area contributed by atoms with Gasteiger partial charge in [-0.1, -0.05) is 18.2 Å². The van der Waals surface area contributed by atoms with Crippen LogP contribution in [0.1, 0.15) is 20.1 Å². The third-order valence-corrected chi connectivity index (χ3v) is 8.32. The van der Waals surface area contributed by atoms with Crippen LogP contribution in [-0.4, -0.2) is 61.1 Å². The number of carbonyl (C=O) groups excluding carboxylic acids is 1. The molecule has 1 aromatic carbocycles. The van der Waals surface area contributed by atoms with E-state index >= 15 is 0 Å². The smallest absolute Gasteiger partial charge is 0.244 e. The number of piperazine rings is 1. The minimum Gasteiger partial charge on any atom is -0.360 e. The number of nitrogens with one attached hydrogen (secondary N) is 1. The van der Waals surface area contributed by atoms with Crippen molar-refractivity contribution in [3.63, 3.8) is 0 Å². The molecule has 0 spiro atoms. The Kier molecular flexibility index (Phi) is 5.13. The molecule has 1 N–H and O–H groups in total. The maximum absolute atomic E-state index is 12.9. The fourth-order valence-corrected chi connectivity index (χ4v) is 6.67. The van der Waals surface area contributed by atoms with E-state index in [4.69, 9.17) is 0 Å². The van der Waals surface area contributed by atoms with Crippen LogP contribution in [0.15, 0.2) is 41.4 Å². The van der Waals surface area contributed by atoms with Gasteiger partial charge in [-0.05, 0) is 26.0 Å². The van der Waals surface area contributed by atoms with E-state index in [0.29, 0.717) is 43.2 Å². The van der Waals surface area contributed by atoms with Gasteiger partial charge in [0, 0.05) is 58.6 Å². The molecule has 1 aliphatic heterocycles. The second-order valence-corrected chi connectivity index (χ2v) is 10.5. The molecule has 1 fully saturated rings. The van der Waals surface area contributed by atoms with Gasteiger partial charge in [0.2, 0.25) is 10.0 Å². The van der Waals surface area contributed by atoms with Crippen molar-refractivity contribution in [2.45, 2.75) is 18.7 Å². The normalized spacial score (nSPS) is 16.6.